The van der Waals surface area contributed by atoms with Gasteiger partial charge in [-0.25, -0.2) is 0 Å². The molecule has 0 spiro atoms. The van der Waals surface area contributed by atoms with Crippen molar-refractivity contribution in [3.05, 3.63) is 53.3 Å². The first kappa shape index (κ1) is 19.6. The second-order valence-electron chi connectivity index (χ2n) is 8.43. The van der Waals surface area contributed by atoms with Gasteiger partial charge >= 0.3 is 0 Å². The van der Waals surface area contributed by atoms with E-state index in [0.29, 0.717) is 19.6 Å². The number of hydrogen-bond acceptors (Lipinski definition) is 3. The molecule has 5 nitrogen and oxygen atoms in total. The Morgan fingerprint density at radius 2 is 2.11 bits per heavy atom. The molecule has 2 aromatic rings. The van der Waals surface area contributed by atoms with Crippen LogP contribution in [0.15, 0.2) is 36.7 Å². The Hall–Kier alpha value is -2.14. The second kappa shape index (κ2) is 7.85. The first-order valence-corrected chi connectivity index (χ1v) is 9.74. The van der Waals surface area contributed by atoms with Gasteiger partial charge in [0.05, 0.1) is 11.8 Å². The lowest BCUT2D eigenvalue weighted by Crippen LogP contribution is -2.47. The van der Waals surface area contributed by atoms with Crippen molar-refractivity contribution in [2.24, 2.45) is 7.05 Å². The summed E-state index contributed by atoms with van der Waals surface area (Å²) in [5.41, 5.74) is 3.27. The van der Waals surface area contributed by atoms with Crippen molar-refractivity contribution in [3.63, 3.8) is 0 Å². The summed E-state index contributed by atoms with van der Waals surface area (Å²) in [4.78, 5) is 12.8. The maximum Gasteiger partial charge on any atom is 0.220 e. The predicted octanol–water partition coefficient (Wildman–Crippen LogP) is 3.30. The molecule has 0 unspecified atom stereocenters. The lowest BCUT2D eigenvalue weighted by molar-refractivity contribution is -0.126. The molecule has 0 aliphatic carbocycles. The molecule has 5 heteroatoms. The minimum Gasteiger partial charge on any atom is -0.376 e. The molecule has 146 valence electrons. The summed E-state index contributed by atoms with van der Waals surface area (Å²) >= 11 is 0. The first-order valence-electron chi connectivity index (χ1n) is 9.74. The van der Waals surface area contributed by atoms with Crippen molar-refractivity contribution in [2.75, 3.05) is 13.2 Å². The van der Waals surface area contributed by atoms with Gasteiger partial charge in [-0.05, 0) is 56.7 Å². The van der Waals surface area contributed by atoms with E-state index in [0.717, 1.165) is 24.8 Å². The van der Waals surface area contributed by atoms with Gasteiger partial charge in [-0.2, -0.15) is 5.10 Å². The highest BCUT2D eigenvalue weighted by Gasteiger charge is 2.44. The van der Waals surface area contributed by atoms with E-state index in [-0.39, 0.29) is 16.9 Å². The van der Waals surface area contributed by atoms with Gasteiger partial charge in [0.1, 0.15) is 0 Å². The van der Waals surface area contributed by atoms with Gasteiger partial charge in [-0.3, -0.25) is 9.48 Å². The summed E-state index contributed by atoms with van der Waals surface area (Å²) in [7, 11) is 1.90. The Morgan fingerprint density at radius 1 is 1.33 bits per heavy atom. The van der Waals surface area contributed by atoms with E-state index in [1.54, 1.807) is 4.68 Å². The molecule has 1 aromatic heterocycles. The number of carbonyl (C=O) groups is 1. The van der Waals surface area contributed by atoms with Crippen LogP contribution < -0.4 is 5.32 Å². The zero-order chi connectivity index (χ0) is 19.5. The standard InChI is InChI=1S/C22H31N3O2/c1-17-7-5-6-8-19(17)22(10-12-27-21(2,3)16-22)13-20(26)23-11-9-18-14-24-25(4)15-18/h5-8,14-15H,9-13,16H2,1-4H3,(H,23,26)/t22-/m0/s1. The van der Waals surface area contributed by atoms with Crippen LogP contribution in [-0.4, -0.2) is 34.4 Å². The van der Waals surface area contributed by atoms with Crippen LogP contribution in [0.4, 0.5) is 0 Å². The molecular weight excluding hydrogens is 338 g/mol. The third-order valence-corrected chi connectivity index (χ3v) is 5.55. The van der Waals surface area contributed by atoms with E-state index in [4.69, 9.17) is 4.74 Å². The molecular formula is C22H31N3O2. The van der Waals surface area contributed by atoms with E-state index in [9.17, 15) is 4.79 Å². The number of benzene rings is 1. The highest BCUT2D eigenvalue weighted by molar-refractivity contribution is 5.77. The van der Waals surface area contributed by atoms with E-state index in [1.807, 2.05) is 19.4 Å². The van der Waals surface area contributed by atoms with Crippen LogP contribution in [0.25, 0.3) is 0 Å². The van der Waals surface area contributed by atoms with Gasteiger partial charge in [-0.15, -0.1) is 0 Å². The minimum atomic E-state index is -0.226. The Balaban J connectivity index is 1.71. The molecule has 1 aromatic carbocycles. The Labute approximate surface area is 162 Å². The normalized spacial score (nSPS) is 21.8. The molecule has 1 aliphatic heterocycles. The monoisotopic (exact) mass is 369 g/mol. The second-order valence-corrected chi connectivity index (χ2v) is 8.43. The first-order chi connectivity index (χ1) is 12.8. The molecule has 1 atom stereocenters. The van der Waals surface area contributed by atoms with Crippen LogP contribution in [-0.2, 0) is 28.4 Å². The Bertz CT molecular complexity index is 796. The number of nitrogens with one attached hydrogen (secondary N) is 1. The average molecular weight is 370 g/mol. The number of aromatic nitrogens is 2. The maximum absolute atomic E-state index is 12.8. The molecule has 2 heterocycles. The van der Waals surface area contributed by atoms with Crippen molar-refractivity contribution in [2.45, 2.75) is 57.5 Å². The zero-order valence-electron chi connectivity index (χ0n) is 16.9. The van der Waals surface area contributed by atoms with Gasteiger partial charge in [-0.1, -0.05) is 24.3 Å². The van der Waals surface area contributed by atoms with E-state index < -0.39 is 0 Å². The Kier molecular flexibility index (Phi) is 5.70. The van der Waals surface area contributed by atoms with Crippen LogP contribution in [0.1, 0.15) is 49.8 Å². The van der Waals surface area contributed by atoms with Crippen molar-refractivity contribution in [1.29, 1.82) is 0 Å². The smallest absolute Gasteiger partial charge is 0.220 e. The van der Waals surface area contributed by atoms with E-state index >= 15 is 0 Å². The topological polar surface area (TPSA) is 56.2 Å². The summed E-state index contributed by atoms with van der Waals surface area (Å²) in [6.45, 7) is 7.71. The summed E-state index contributed by atoms with van der Waals surface area (Å²) < 4.78 is 7.75. The highest BCUT2D eigenvalue weighted by atomic mass is 16.5. The highest BCUT2D eigenvalue weighted by Crippen LogP contribution is 2.45. The predicted molar refractivity (Wildman–Crippen MR) is 107 cm³/mol. The fourth-order valence-corrected chi connectivity index (χ4v) is 4.44. The molecule has 1 aliphatic rings. The average Bonchev–Trinajstić information content (AvgIpc) is 2.99. The number of nitrogens with zero attached hydrogens (tertiary/aromatic N) is 2. The molecule has 27 heavy (non-hydrogen) atoms. The van der Waals surface area contributed by atoms with Crippen LogP contribution in [0, 0.1) is 6.92 Å². The van der Waals surface area contributed by atoms with Crippen LogP contribution in [0.3, 0.4) is 0 Å². The summed E-state index contributed by atoms with van der Waals surface area (Å²) in [6, 6.07) is 8.46. The van der Waals surface area contributed by atoms with Gasteiger partial charge in [0.25, 0.3) is 0 Å². The van der Waals surface area contributed by atoms with Gasteiger partial charge in [0.15, 0.2) is 0 Å². The minimum absolute atomic E-state index is 0.111. The fourth-order valence-electron chi connectivity index (χ4n) is 4.44. The number of ether oxygens (including phenoxy) is 1. The zero-order valence-corrected chi connectivity index (χ0v) is 16.9. The maximum atomic E-state index is 12.8. The van der Waals surface area contributed by atoms with Crippen molar-refractivity contribution in [1.82, 2.24) is 15.1 Å². The van der Waals surface area contributed by atoms with Crippen molar-refractivity contribution >= 4 is 5.91 Å². The molecule has 0 radical (unpaired) electrons. The van der Waals surface area contributed by atoms with Crippen molar-refractivity contribution in [3.8, 4) is 0 Å². The van der Waals surface area contributed by atoms with Crippen LogP contribution in [0.2, 0.25) is 0 Å². The molecule has 1 N–H and O–H groups in total. The Morgan fingerprint density at radius 3 is 2.78 bits per heavy atom. The third kappa shape index (κ3) is 4.78. The van der Waals surface area contributed by atoms with Gasteiger partial charge in [0, 0.05) is 38.2 Å². The number of carbonyl (C=O) groups excluding carboxylic acids is 1. The molecule has 3 rings (SSSR count). The number of amides is 1. The van der Waals surface area contributed by atoms with Gasteiger partial charge < -0.3 is 10.1 Å². The lowest BCUT2D eigenvalue weighted by atomic mass is 9.66. The third-order valence-electron chi connectivity index (χ3n) is 5.55. The largest absolute Gasteiger partial charge is 0.376 e. The summed E-state index contributed by atoms with van der Waals surface area (Å²) in [6.07, 6.45) is 6.85. The summed E-state index contributed by atoms with van der Waals surface area (Å²) in [5.74, 6) is 0.111. The molecule has 0 saturated carbocycles. The molecule has 1 amide bonds. The van der Waals surface area contributed by atoms with E-state index in [1.165, 1.54) is 11.1 Å². The molecule has 0 bridgehead atoms. The number of hydrogen-bond donors (Lipinski definition) is 1. The van der Waals surface area contributed by atoms with Crippen LogP contribution in [0.5, 0.6) is 0 Å². The fraction of sp³-hybridized carbons (Fsp3) is 0.545. The van der Waals surface area contributed by atoms with Crippen LogP contribution >= 0.6 is 0 Å². The van der Waals surface area contributed by atoms with Crippen molar-refractivity contribution < 1.29 is 9.53 Å². The molecule has 1 fully saturated rings. The summed E-state index contributed by atoms with van der Waals surface area (Å²) in [5, 5.41) is 7.29. The molecule has 1 saturated heterocycles. The number of aryl methyl sites for hydroxylation is 2. The number of rotatable bonds is 6. The van der Waals surface area contributed by atoms with Gasteiger partial charge in [0.2, 0.25) is 5.91 Å². The quantitative estimate of drug-likeness (QED) is 0.850. The lowest BCUT2D eigenvalue weighted by Gasteiger charge is -2.45. The van der Waals surface area contributed by atoms with E-state index in [2.05, 4.69) is 55.5 Å². The SMILES string of the molecule is Cc1ccccc1[C@]1(CC(=O)NCCc2cnn(C)c2)CCOC(C)(C)C1.